The van der Waals surface area contributed by atoms with E-state index in [1.54, 1.807) is 37.3 Å². The molecule has 1 N–H and O–H groups in total. The second-order valence-corrected chi connectivity index (χ2v) is 12.6. The number of halogens is 2. The van der Waals surface area contributed by atoms with Crippen LogP contribution in [0.25, 0.3) is 0 Å². The summed E-state index contributed by atoms with van der Waals surface area (Å²) in [5, 5.41) is 3.22. The van der Waals surface area contributed by atoms with Gasteiger partial charge in [0.15, 0.2) is 0 Å². The summed E-state index contributed by atoms with van der Waals surface area (Å²) in [6.45, 7) is 6.72. The Balaban J connectivity index is 2.11. The van der Waals surface area contributed by atoms with Crippen molar-refractivity contribution in [3.8, 4) is 5.75 Å². The van der Waals surface area contributed by atoms with Crippen LogP contribution in [0.4, 0.5) is 5.69 Å². The summed E-state index contributed by atoms with van der Waals surface area (Å²) >= 11 is 12.7. The van der Waals surface area contributed by atoms with Crippen molar-refractivity contribution >= 4 is 50.7 Å². The van der Waals surface area contributed by atoms with Crippen molar-refractivity contribution in [3.63, 3.8) is 0 Å². The highest BCUT2D eigenvalue weighted by Crippen LogP contribution is 2.33. The molecule has 0 saturated carbocycles. The molecule has 0 aliphatic heterocycles. The first-order valence-corrected chi connectivity index (χ1v) is 15.3. The minimum absolute atomic E-state index is 0.0177. The molecule has 1 atom stereocenters. The van der Waals surface area contributed by atoms with Gasteiger partial charge in [-0.3, -0.25) is 13.9 Å². The summed E-state index contributed by atoms with van der Waals surface area (Å²) < 4.78 is 34.2. The number of nitrogens with zero attached hydrogens (tertiary/aromatic N) is 2. The van der Waals surface area contributed by atoms with Crippen molar-refractivity contribution in [3.05, 3.63) is 87.9 Å². The first-order valence-electron chi connectivity index (χ1n) is 13.1. The SMILES string of the molecule is CCC(C(=O)NC(C)C)N(Cc1cccc(OC)c1)C(=O)CN(c1cc(Cl)ccc1Cl)S(=O)(=O)c1ccc(C)cc1. The molecular formula is C30H35Cl2N3O5S. The van der Waals surface area contributed by atoms with Gasteiger partial charge in [-0.15, -0.1) is 0 Å². The molecule has 220 valence electrons. The molecule has 2 amide bonds. The average Bonchev–Trinajstić information content (AvgIpc) is 2.92. The molecule has 3 aromatic carbocycles. The highest BCUT2D eigenvalue weighted by Gasteiger charge is 2.34. The predicted molar refractivity (Wildman–Crippen MR) is 163 cm³/mol. The molecule has 8 nitrogen and oxygen atoms in total. The summed E-state index contributed by atoms with van der Waals surface area (Å²) in [6, 6.07) is 16.8. The van der Waals surface area contributed by atoms with E-state index in [1.807, 2.05) is 26.8 Å². The molecule has 41 heavy (non-hydrogen) atoms. The largest absolute Gasteiger partial charge is 0.497 e. The van der Waals surface area contributed by atoms with E-state index in [1.165, 1.54) is 42.3 Å². The molecule has 0 aliphatic rings. The van der Waals surface area contributed by atoms with Crippen LogP contribution < -0.4 is 14.4 Å². The number of sulfonamides is 1. The highest BCUT2D eigenvalue weighted by molar-refractivity contribution is 7.92. The standard InChI is InChI=1S/C30H35Cl2N3O5S/c1-6-27(30(37)33-20(2)3)34(18-22-8-7-9-24(16-22)40-5)29(36)19-35(28-17-23(31)12-15-26(28)32)41(38,39)25-13-10-21(4)11-14-25/h7-17,20,27H,6,18-19H2,1-5H3,(H,33,37). The van der Waals surface area contributed by atoms with Gasteiger partial charge >= 0.3 is 0 Å². The maximum atomic E-state index is 14.1. The number of carbonyl (C=O) groups excluding carboxylic acids is 2. The fraction of sp³-hybridized carbons (Fsp3) is 0.333. The predicted octanol–water partition coefficient (Wildman–Crippen LogP) is 5.84. The van der Waals surface area contributed by atoms with E-state index in [-0.39, 0.29) is 39.1 Å². The van der Waals surface area contributed by atoms with Crippen molar-refractivity contribution in [1.82, 2.24) is 10.2 Å². The van der Waals surface area contributed by atoms with Crippen molar-refractivity contribution < 1.29 is 22.7 Å². The molecule has 1 unspecified atom stereocenters. The van der Waals surface area contributed by atoms with Crippen molar-refractivity contribution in [2.24, 2.45) is 0 Å². The molecular weight excluding hydrogens is 585 g/mol. The van der Waals surface area contributed by atoms with Crippen molar-refractivity contribution in [2.75, 3.05) is 18.0 Å². The maximum absolute atomic E-state index is 14.1. The van der Waals surface area contributed by atoms with Gasteiger partial charge in [0.2, 0.25) is 11.8 Å². The number of benzene rings is 3. The van der Waals surface area contributed by atoms with Gasteiger partial charge in [-0.2, -0.15) is 0 Å². The minimum atomic E-state index is -4.27. The normalized spacial score (nSPS) is 12.1. The number of hydrogen-bond donors (Lipinski definition) is 1. The Bertz CT molecular complexity index is 1480. The van der Waals surface area contributed by atoms with Gasteiger partial charge < -0.3 is 15.0 Å². The summed E-state index contributed by atoms with van der Waals surface area (Å²) in [5.41, 5.74) is 1.63. The van der Waals surface area contributed by atoms with Gasteiger partial charge in [-0.05, 0) is 75.2 Å². The quantitative estimate of drug-likeness (QED) is 0.275. The number of nitrogens with one attached hydrogen (secondary N) is 1. The number of anilines is 1. The van der Waals surface area contributed by atoms with Crippen molar-refractivity contribution in [1.29, 1.82) is 0 Å². The molecule has 0 spiro atoms. The monoisotopic (exact) mass is 619 g/mol. The van der Waals surface area contributed by atoms with Crippen LogP contribution >= 0.6 is 23.2 Å². The van der Waals surface area contributed by atoms with E-state index in [2.05, 4.69) is 5.32 Å². The van der Waals surface area contributed by atoms with E-state index >= 15 is 0 Å². The van der Waals surface area contributed by atoms with E-state index in [0.29, 0.717) is 17.7 Å². The number of ether oxygens (including phenoxy) is 1. The number of methoxy groups -OCH3 is 1. The molecule has 3 rings (SSSR count). The Morgan fingerprint density at radius 3 is 2.29 bits per heavy atom. The van der Waals surface area contributed by atoms with Crippen LogP contribution in [-0.4, -0.2) is 50.9 Å². The smallest absolute Gasteiger partial charge is 0.264 e. The van der Waals surface area contributed by atoms with E-state index in [4.69, 9.17) is 27.9 Å². The summed E-state index contributed by atoms with van der Waals surface area (Å²) in [7, 11) is -2.73. The van der Waals surface area contributed by atoms with Gasteiger partial charge in [-0.1, -0.05) is 60.0 Å². The minimum Gasteiger partial charge on any atom is -0.497 e. The number of amides is 2. The third kappa shape index (κ3) is 8.15. The number of carbonyl (C=O) groups is 2. The van der Waals surface area contributed by atoms with Gasteiger partial charge in [0.05, 0.1) is 22.7 Å². The third-order valence-electron chi connectivity index (χ3n) is 6.37. The number of rotatable bonds is 12. The van der Waals surface area contributed by atoms with Gasteiger partial charge in [0.1, 0.15) is 18.3 Å². The van der Waals surface area contributed by atoms with E-state index in [9.17, 15) is 18.0 Å². The molecule has 0 aliphatic carbocycles. The van der Waals surface area contributed by atoms with Crippen molar-refractivity contribution in [2.45, 2.75) is 57.6 Å². The zero-order valence-corrected chi connectivity index (χ0v) is 26.1. The first kappa shape index (κ1) is 32.2. The molecule has 11 heteroatoms. The first-order chi connectivity index (χ1) is 19.4. The Labute approximate surface area is 252 Å². The van der Waals surface area contributed by atoms with E-state index in [0.717, 1.165) is 9.87 Å². The summed E-state index contributed by atoms with van der Waals surface area (Å²) in [5.74, 6) is -0.346. The topological polar surface area (TPSA) is 96.0 Å². The molecule has 3 aromatic rings. The fourth-order valence-corrected chi connectivity index (χ4v) is 6.16. The Morgan fingerprint density at radius 1 is 1.00 bits per heavy atom. The van der Waals surface area contributed by atoms with E-state index < -0.39 is 28.5 Å². The lowest BCUT2D eigenvalue weighted by molar-refractivity contribution is -0.140. The van der Waals surface area contributed by atoms with Crippen LogP contribution in [0.2, 0.25) is 10.0 Å². The second kappa shape index (κ2) is 14.1. The van der Waals surface area contributed by atoms with Crippen LogP contribution in [0, 0.1) is 6.92 Å². The Morgan fingerprint density at radius 2 is 1.68 bits per heavy atom. The molecule has 0 heterocycles. The van der Waals surface area contributed by atoms with Gasteiger partial charge in [0, 0.05) is 17.6 Å². The summed E-state index contributed by atoms with van der Waals surface area (Å²) in [4.78, 5) is 28.8. The molecule has 0 fully saturated rings. The average molecular weight is 621 g/mol. The fourth-order valence-electron chi connectivity index (χ4n) is 4.30. The lowest BCUT2D eigenvalue weighted by atomic mass is 10.1. The van der Waals surface area contributed by atoms with Crippen LogP contribution in [0.15, 0.2) is 71.6 Å². The molecule has 0 saturated heterocycles. The zero-order chi connectivity index (χ0) is 30.3. The lowest BCUT2D eigenvalue weighted by Gasteiger charge is -2.33. The van der Waals surface area contributed by atoms with Crippen LogP contribution in [0.1, 0.15) is 38.3 Å². The van der Waals surface area contributed by atoms with Crippen LogP contribution in [0.5, 0.6) is 5.75 Å². The Kier molecular flexibility index (Phi) is 11.1. The van der Waals surface area contributed by atoms with Crippen LogP contribution in [-0.2, 0) is 26.2 Å². The molecule has 0 radical (unpaired) electrons. The number of hydrogen-bond acceptors (Lipinski definition) is 5. The zero-order valence-electron chi connectivity index (χ0n) is 23.7. The van der Waals surface area contributed by atoms with Gasteiger partial charge in [-0.25, -0.2) is 8.42 Å². The summed E-state index contributed by atoms with van der Waals surface area (Å²) in [6.07, 6.45) is 0.302. The number of aryl methyl sites for hydroxylation is 1. The lowest BCUT2D eigenvalue weighted by Crippen LogP contribution is -2.53. The van der Waals surface area contributed by atoms with Gasteiger partial charge in [0.25, 0.3) is 10.0 Å². The second-order valence-electron chi connectivity index (χ2n) is 9.88. The molecule has 0 aromatic heterocycles. The maximum Gasteiger partial charge on any atom is 0.264 e. The Hall–Kier alpha value is -3.27. The van der Waals surface area contributed by atoms with Crippen LogP contribution in [0.3, 0.4) is 0 Å². The molecule has 0 bridgehead atoms. The highest BCUT2D eigenvalue weighted by atomic mass is 35.5. The third-order valence-corrected chi connectivity index (χ3v) is 8.70.